The number of carboxylic acids is 1. The molecule has 0 fully saturated rings. The van der Waals surface area contributed by atoms with E-state index in [4.69, 9.17) is 9.84 Å². The first-order valence-electron chi connectivity index (χ1n) is 10.9. The summed E-state index contributed by atoms with van der Waals surface area (Å²) in [7, 11) is 0. The molecule has 0 saturated carbocycles. The predicted molar refractivity (Wildman–Crippen MR) is 129 cm³/mol. The second-order valence-electron chi connectivity index (χ2n) is 7.53. The lowest BCUT2D eigenvalue weighted by atomic mass is 9.99. The van der Waals surface area contributed by atoms with Crippen LogP contribution in [0.3, 0.4) is 0 Å². The number of hydrogen-bond acceptors (Lipinski definition) is 4. The molecule has 0 heterocycles. The summed E-state index contributed by atoms with van der Waals surface area (Å²) in [6.45, 7) is 2.72. The summed E-state index contributed by atoms with van der Waals surface area (Å²) in [4.78, 5) is 24.6. The van der Waals surface area contributed by atoms with Crippen LogP contribution < -0.4 is 4.74 Å². The molecule has 3 rings (SSSR count). The van der Waals surface area contributed by atoms with Gasteiger partial charge < -0.3 is 9.84 Å². The second kappa shape index (κ2) is 12.1. The monoisotopic (exact) mass is 448 g/mol. The zero-order valence-corrected chi connectivity index (χ0v) is 19.1. The Morgan fingerprint density at radius 3 is 2.38 bits per heavy atom. The van der Waals surface area contributed by atoms with Crippen molar-refractivity contribution >= 4 is 23.5 Å². The third-order valence-electron chi connectivity index (χ3n) is 4.97. The Morgan fingerprint density at radius 2 is 1.69 bits per heavy atom. The van der Waals surface area contributed by atoms with Crippen LogP contribution in [0.5, 0.6) is 5.75 Å². The first-order chi connectivity index (χ1) is 15.6. The number of hydrogen-bond donors (Lipinski definition) is 1. The zero-order valence-electron chi connectivity index (χ0n) is 18.3. The summed E-state index contributed by atoms with van der Waals surface area (Å²) in [6.07, 6.45) is 2.78. The molecule has 0 unspecified atom stereocenters. The minimum absolute atomic E-state index is 0.0280. The quantitative estimate of drug-likeness (QED) is 0.207. The van der Waals surface area contributed by atoms with E-state index in [-0.39, 0.29) is 12.2 Å². The van der Waals surface area contributed by atoms with E-state index in [0.29, 0.717) is 17.7 Å². The average Bonchev–Trinajstić information content (AvgIpc) is 2.80. The van der Waals surface area contributed by atoms with Crippen LogP contribution in [-0.4, -0.2) is 29.2 Å². The summed E-state index contributed by atoms with van der Waals surface area (Å²) in [5.74, 6) is 0.966. The molecule has 0 aliphatic carbocycles. The maximum atomic E-state index is 12.7. The molecule has 1 N–H and O–H groups in total. The summed E-state index contributed by atoms with van der Waals surface area (Å²) < 4.78 is 6.04. The third kappa shape index (κ3) is 6.99. The minimum atomic E-state index is -0.817. The van der Waals surface area contributed by atoms with Crippen LogP contribution in [0.2, 0.25) is 0 Å². The number of aliphatic carboxylic acids is 1. The van der Waals surface area contributed by atoms with Gasteiger partial charge in [0.25, 0.3) is 0 Å². The molecule has 0 atom stereocenters. The number of aryl methyl sites for hydroxylation is 1. The van der Waals surface area contributed by atoms with Crippen molar-refractivity contribution in [2.24, 2.45) is 0 Å². The van der Waals surface area contributed by atoms with E-state index in [9.17, 15) is 9.59 Å². The number of carbonyl (C=O) groups excluding carboxylic acids is 1. The van der Waals surface area contributed by atoms with E-state index in [2.05, 4.69) is 6.92 Å². The van der Waals surface area contributed by atoms with Crippen molar-refractivity contribution in [3.8, 4) is 5.75 Å². The Bertz CT molecular complexity index is 1030. The lowest BCUT2D eigenvalue weighted by Gasteiger charge is -2.13. The molecule has 0 aromatic heterocycles. The second-order valence-corrected chi connectivity index (χ2v) is 8.70. The summed E-state index contributed by atoms with van der Waals surface area (Å²) >= 11 is 1.73. The molecule has 0 aliphatic heterocycles. The van der Waals surface area contributed by atoms with Crippen molar-refractivity contribution in [3.05, 3.63) is 95.1 Å². The molecule has 0 saturated heterocycles. The van der Waals surface area contributed by atoms with Gasteiger partial charge in [0.05, 0.1) is 13.0 Å². The topological polar surface area (TPSA) is 63.6 Å². The maximum Gasteiger partial charge on any atom is 0.307 e. The average molecular weight is 449 g/mol. The van der Waals surface area contributed by atoms with Gasteiger partial charge in [0.15, 0.2) is 5.78 Å². The molecule has 166 valence electrons. The van der Waals surface area contributed by atoms with E-state index in [1.165, 1.54) is 0 Å². The highest BCUT2D eigenvalue weighted by Crippen LogP contribution is 2.24. The van der Waals surface area contributed by atoms with Crippen molar-refractivity contribution in [3.63, 3.8) is 0 Å². The zero-order chi connectivity index (χ0) is 22.8. The van der Waals surface area contributed by atoms with Crippen LogP contribution in [-0.2, 0) is 17.6 Å². The minimum Gasteiger partial charge on any atom is -0.493 e. The fraction of sp³-hybridized carbons (Fsp3) is 0.259. The van der Waals surface area contributed by atoms with Gasteiger partial charge in [-0.05, 0) is 54.3 Å². The summed E-state index contributed by atoms with van der Waals surface area (Å²) in [6, 6.07) is 22.7. The number of carbonyl (C=O) groups is 2. The molecule has 32 heavy (non-hydrogen) atoms. The first-order valence-corrected chi connectivity index (χ1v) is 11.8. The number of rotatable bonds is 12. The van der Waals surface area contributed by atoms with Crippen LogP contribution in [0.4, 0.5) is 0 Å². The van der Waals surface area contributed by atoms with Gasteiger partial charge in [0.2, 0.25) is 0 Å². The number of ketones is 1. The highest BCUT2D eigenvalue weighted by atomic mass is 32.2. The molecule has 0 aliphatic rings. The van der Waals surface area contributed by atoms with Crippen molar-refractivity contribution in [2.45, 2.75) is 37.5 Å². The van der Waals surface area contributed by atoms with Gasteiger partial charge in [-0.1, -0.05) is 55.8 Å². The van der Waals surface area contributed by atoms with Gasteiger partial charge >= 0.3 is 5.97 Å². The molecule has 0 radical (unpaired) electrons. The SMILES string of the molecule is CCCc1cc(C(=O)c2ccccc2)ccc1OCCCSc1ccc(CC(=O)O)cc1. The molecule has 0 amide bonds. The van der Waals surface area contributed by atoms with Gasteiger partial charge in [-0.15, -0.1) is 11.8 Å². The van der Waals surface area contributed by atoms with Gasteiger partial charge in [0, 0.05) is 21.8 Å². The molecular formula is C27H28O4S. The van der Waals surface area contributed by atoms with E-state index < -0.39 is 5.97 Å². The lowest BCUT2D eigenvalue weighted by Crippen LogP contribution is -2.05. The van der Waals surface area contributed by atoms with Crippen molar-refractivity contribution in [1.29, 1.82) is 0 Å². The summed E-state index contributed by atoms with van der Waals surface area (Å²) in [5, 5.41) is 8.84. The van der Waals surface area contributed by atoms with Crippen LogP contribution >= 0.6 is 11.8 Å². The van der Waals surface area contributed by atoms with Crippen molar-refractivity contribution in [2.75, 3.05) is 12.4 Å². The van der Waals surface area contributed by atoms with Crippen LogP contribution in [0, 0.1) is 0 Å². The molecule has 0 bridgehead atoms. The largest absolute Gasteiger partial charge is 0.493 e. The van der Waals surface area contributed by atoms with Crippen molar-refractivity contribution in [1.82, 2.24) is 0 Å². The fourth-order valence-electron chi connectivity index (χ4n) is 3.39. The van der Waals surface area contributed by atoms with Crippen molar-refractivity contribution < 1.29 is 19.4 Å². The van der Waals surface area contributed by atoms with E-state index in [1.807, 2.05) is 72.8 Å². The van der Waals surface area contributed by atoms with Gasteiger partial charge in [-0.3, -0.25) is 9.59 Å². The van der Waals surface area contributed by atoms with E-state index in [0.717, 1.165) is 46.8 Å². The summed E-state index contributed by atoms with van der Waals surface area (Å²) in [5.41, 5.74) is 3.25. The van der Waals surface area contributed by atoms with Gasteiger partial charge in [0.1, 0.15) is 5.75 Å². The lowest BCUT2D eigenvalue weighted by molar-refractivity contribution is -0.136. The fourth-order valence-corrected chi connectivity index (χ4v) is 4.22. The third-order valence-corrected chi connectivity index (χ3v) is 6.07. The maximum absolute atomic E-state index is 12.7. The van der Waals surface area contributed by atoms with E-state index in [1.54, 1.807) is 11.8 Å². The highest BCUT2D eigenvalue weighted by molar-refractivity contribution is 7.99. The number of benzene rings is 3. The molecule has 3 aromatic rings. The normalized spacial score (nSPS) is 10.7. The van der Waals surface area contributed by atoms with Gasteiger partial charge in [-0.2, -0.15) is 0 Å². The standard InChI is InChI=1S/C27H28O4S/c1-2-7-22-19-23(27(30)21-8-4-3-5-9-21)12-15-25(22)31-16-6-17-32-24-13-10-20(11-14-24)18-26(28)29/h3-5,8-15,19H,2,6-7,16-18H2,1H3,(H,28,29). The Morgan fingerprint density at radius 1 is 0.938 bits per heavy atom. The molecule has 0 spiro atoms. The Kier molecular flexibility index (Phi) is 8.93. The molecule has 3 aromatic carbocycles. The van der Waals surface area contributed by atoms with Crippen LogP contribution in [0.15, 0.2) is 77.7 Å². The Balaban J connectivity index is 1.52. The molecule has 4 nitrogen and oxygen atoms in total. The highest BCUT2D eigenvalue weighted by Gasteiger charge is 2.12. The smallest absolute Gasteiger partial charge is 0.307 e. The molecular weight excluding hydrogens is 420 g/mol. The molecule has 5 heteroatoms. The first kappa shape index (κ1) is 23.6. The Labute approximate surface area is 193 Å². The number of thioether (sulfide) groups is 1. The van der Waals surface area contributed by atoms with Gasteiger partial charge in [-0.25, -0.2) is 0 Å². The Hall–Kier alpha value is -3.05. The number of ether oxygens (including phenoxy) is 1. The predicted octanol–water partition coefficient (Wildman–Crippen LogP) is 6.06. The van der Waals surface area contributed by atoms with Crippen LogP contribution in [0.1, 0.15) is 46.8 Å². The number of carboxylic acid groups (broad SMARTS) is 1. The van der Waals surface area contributed by atoms with Crippen LogP contribution in [0.25, 0.3) is 0 Å². The van der Waals surface area contributed by atoms with E-state index >= 15 is 0 Å².